The van der Waals surface area contributed by atoms with Gasteiger partial charge in [0.05, 0.1) is 6.04 Å². The lowest BCUT2D eigenvalue weighted by molar-refractivity contribution is -0.127. The third kappa shape index (κ3) is 5.91. The Kier molecular flexibility index (Phi) is 8.08. The SMILES string of the molecule is Cc1cccc([C@H]2c3cc(O[C@@H](C)C(=O)NCCN4CCCC4)ccc3CCN2C(=O)c2ccccc2)c1. The van der Waals surface area contributed by atoms with E-state index in [-0.39, 0.29) is 17.9 Å². The maximum Gasteiger partial charge on any atom is 0.260 e. The van der Waals surface area contributed by atoms with Crippen LogP contribution in [0.25, 0.3) is 0 Å². The summed E-state index contributed by atoms with van der Waals surface area (Å²) >= 11 is 0. The molecule has 2 aliphatic rings. The molecule has 1 N–H and O–H groups in total. The summed E-state index contributed by atoms with van der Waals surface area (Å²) in [4.78, 5) is 30.7. The molecule has 0 spiro atoms. The van der Waals surface area contributed by atoms with Crippen molar-refractivity contribution in [3.63, 3.8) is 0 Å². The van der Waals surface area contributed by atoms with Crippen LogP contribution in [0.15, 0.2) is 72.8 Å². The number of carbonyl (C=O) groups is 2. The topological polar surface area (TPSA) is 61.9 Å². The highest BCUT2D eigenvalue weighted by Crippen LogP contribution is 2.38. The van der Waals surface area contributed by atoms with Crippen molar-refractivity contribution >= 4 is 11.8 Å². The molecule has 0 unspecified atom stereocenters. The summed E-state index contributed by atoms with van der Waals surface area (Å²) in [6.07, 6.45) is 2.63. The first-order valence-corrected chi connectivity index (χ1v) is 13.7. The summed E-state index contributed by atoms with van der Waals surface area (Å²) in [7, 11) is 0. The largest absolute Gasteiger partial charge is 0.481 e. The predicted molar refractivity (Wildman–Crippen MR) is 149 cm³/mol. The Morgan fingerprint density at radius 3 is 2.53 bits per heavy atom. The van der Waals surface area contributed by atoms with Gasteiger partial charge >= 0.3 is 0 Å². The lowest BCUT2D eigenvalue weighted by Crippen LogP contribution is -2.41. The minimum absolute atomic E-state index is 0.0137. The molecule has 38 heavy (non-hydrogen) atoms. The van der Waals surface area contributed by atoms with Gasteiger partial charge in [0.2, 0.25) is 0 Å². The minimum Gasteiger partial charge on any atom is -0.481 e. The van der Waals surface area contributed by atoms with Crippen molar-refractivity contribution in [2.75, 3.05) is 32.7 Å². The van der Waals surface area contributed by atoms with Crippen LogP contribution in [-0.2, 0) is 11.2 Å². The van der Waals surface area contributed by atoms with Gasteiger partial charge in [0.25, 0.3) is 11.8 Å². The Labute approximate surface area is 225 Å². The van der Waals surface area contributed by atoms with Crippen LogP contribution >= 0.6 is 0 Å². The van der Waals surface area contributed by atoms with E-state index in [1.54, 1.807) is 6.92 Å². The van der Waals surface area contributed by atoms with E-state index in [0.717, 1.165) is 42.7 Å². The number of rotatable bonds is 8. The van der Waals surface area contributed by atoms with E-state index >= 15 is 0 Å². The molecule has 0 bridgehead atoms. The van der Waals surface area contributed by atoms with Crippen LogP contribution in [0.4, 0.5) is 0 Å². The average molecular weight is 512 g/mol. The van der Waals surface area contributed by atoms with E-state index in [4.69, 9.17) is 4.74 Å². The Bertz CT molecular complexity index is 1270. The Balaban J connectivity index is 1.37. The van der Waals surface area contributed by atoms with Gasteiger partial charge in [-0.25, -0.2) is 0 Å². The van der Waals surface area contributed by atoms with Crippen molar-refractivity contribution in [3.05, 3.63) is 101 Å². The second-order valence-electron chi connectivity index (χ2n) is 10.4. The van der Waals surface area contributed by atoms with Crippen molar-refractivity contribution in [1.29, 1.82) is 0 Å². The molecular formula is C32H37N3O3. The minimum atomic E-state index is -0.616. The number of hydrogen-bond donors (Lipinski definition) is 1. The molecule has 6 nitrogen and oxygen atoms in total. The summed E-state index contributed by atoms with van der Waals surface area (Å²) in [5.74, 6) is 0.537. The van der Waals surface area contributed by atoms with Gasteiger partial charge in [-0.2, -0.15) is 0 Å². The number of amides is 2. The lowest BCUT2D eigenvalue weighted by Gasteiger charge is -2.38. The van der Waals surface area contributed by atoms with Gasteiger partial charge < -0.3 is 19.9 Å². The molecule has 198 valence electrons. The van der Waals surface area contributed by atoms with Gasteiger partial charge in [-0.1, -0.05) is 54.1 Å². The molecule has 0 aliphatic carbocycles. The average Bonchev–Trinajstić information content (AvgIpc) is 3.46. The highest BCUT2D eigenvalue weighted by Gasteiger charge is 2.33. The third-order valence-electron chi connectivity index (χ3n) is 7.59. The van der Waals surface area contributed by atoms with Gasteiger partial charge in [-0.3, -0.25) is 9.59 Å². The zero-order chi connectivity index (χ0) is 26.5. The number of hydrogen-bond acceptors (Lipinski definition) is 4. The fourth-order valence-electron chi connectivity index (χ4n) is 5.58. The van der Waals surface area contributed by atoms with Crippen molar-refractivity contribution in [3.8, 4) is 5.75 Å². The molecule has 3 aromatic rings. The number of aryl methyl sites for hydroxylation is 1. The Morgan fingerprint density at radius 1 is 0.974 bits per heavy atom. The molecule has 2 atom stereocenters. The summed E-state index contributed by atoms with van der Waals surface area (Å²) in [5.41, 5.74) is 5.14. The molecule has 2 aliphatic heterocycles. The van der Waals surface area contributed by atoms with E-state index in [0.29, 0.717) is 24.4 Å². The number of fused-ring (bicyclic) bond motifs is 1. The fourth-order valence-corrected chi connectivity index (χ4v) is 5.58. The molecule has 0 aromatic heterocycles. The molecule has 0 saturated carbocycles. The lowest BCUT2D eigenvalue weighted by atomic mass is 9.87. The number of carbonyl (C=O) groups excluding carboxylic acids is 2. The van der Waals surface area contributed by atoms with Crippen molar-refractivity contribution < 1.29 is 14.3 Å². The summed E-state index contributed by atoms with van der Waals surface area (Å²) in [5, 5.41) is 3.01. The van der Waals surface area contributed by atoms with E-state index in [1.807, 2.05) is 53.4 Å². The number of nitrogens with zero attached hydrogens (tertiary/aromatic N) is 2. The van der Waals surface area contributed by atoms with Gasteiger partial charge in [-0.05, 0) is 87.2 Å². The first-order chi connectivity index (χ1) is 18.5. The molecule has 3 aromatic carbocycles. The van der Waals surface area contributed by atoms with Crippen molar-refractivity contribution in [1.82, 2.24) is 15.1 Å². The zero-order valence-corrected chi connectivity index (χ0v) is 22.4. The molecule has 5 rings (SSSR count). The van der Waals surface area contributed by atoms with Crippen LogP contribution in [0.5, 0.6) is 5.75 Å². The third-order valence-corrected chi connectivity index (χ3v) is 7.59. The standard InChI is InChI=1S/C32H37N3O3/c1-23-9-8-12-27(21-23)30-29-22-28(38-24(2)31(36)33-16-20-34-17-6-7-18-34)14-13-25(29)15-19-35(30)32(37)26-10-4-3-5-11-26/h3-5,8-14,21-22,24,30H,6-7,15-20H2,1-2H3,(H,33,36)/t24-,30-/m0/s1. The van der Waals surface area contributed by atoms with E-state index in [2.05, 4.69) is 41.4 Å². The van der Waals surface area contributed by atoms with Gasteiger partial charge in [-0.15, -0.1) is 0 Å². The van der Waals surface area contributed by atoms with Crippen LogP contribution in [0.3, 0.4) is 0 Å². The molecule has 2 amide bonds. The summed E-state index contributed by atoms with van der Waals surface area (Å²) < 4.78 is 6.12. The highest BCUT2D eigenvalue weighted by atomic mass is 16.5. The first kappa shape index (κ1) is 26.0. The van der Waals surface area contributed by atoms with Gasteiger partial charge in [0.15, 0.2) is 6.10 Å². The van der Waals surface area contributed by atoms with Crippen LogP contribution in [0, 0.1) is 6.92 Å². The van der Waals surface area contributed by atoms with Crippen LogP contribution in [-0.4, -0.2) is 60.4 Å². The first-order valence-electron chi connectivity index (χ1n) is 13.7. The summed E-state index contributed by atoms with van der Waals surface area (Å²) in [6.45, 7) is 8.22. The molecular weight excluding hydrogens is 474 g/mol. The van der Waals surface area contributed by atoms with E-state index < -0.39 is 6.10 Å². The molecule has 1 fully saturated rings. The maximum atomic E-state index is 13.7. The second-order valence-corrected chi connectivity index (χ2v) is 10.4. The Hall–Kier alpha value is -3.64. The number of benzene rings is 3. The number of nitrogens with one attached hydrogen (secondary N) is 1. The number of likely N-dealkylation sites (tertiary alicyclic amines) is 1. The van der Waals surface area contributed by atoms with Gasteiger partial charge in [0, 0.05) is 25.2 Å². The fraction of sp³-hybridized carbons (Fsp3) is 0.375. The van der Waals surface area contributed by atoms with E-state index in [9.17, 15) is 9.59 Å². The molecule has 2 heterocycles. The number of ether oxygens (including phenoxy) is 1. The monoisotopic (exact) mass is 511 g/mol. The Morgan fingerprint density at radius 2 is 1.76 bits per heavy atom. The van der Waals surface area contributed by atoms with Gasteiger partial charge in [0.1, 0.15) is 5.75 Å². The summed E-state index contributed by atoms with van der Waals surface area (Å²) in [6, 6.07) is 23.6. The predicted octanol–water partition coefficient (Wildman–Crippen LogP) is 4.76. The van der Waals surface area contributed by atoms with Crippen LogP contribution in [0.1, 0.15) is 58.4 Å². The van der Waals surface area contributed by atoms with E-state index in [1.165, 1.54) is 18.4 Å². The molecule has 1 saturated heterocycles. The van der Waals surface area contributed by atoms with Crippen LogP contribution in [0.2, 0.25) is 0 Å². The highest BCUT2D eigenvalue weighted by molar-refractivity contribution is 5.95. The molecule has 0 radical (unpaired) electrons. The second kappa shape index (κ2) is 11.8. The zero-order valence-electron chi connectivity index (χ0n) is 22.4. The smallest absolute Gasteiger partial charge is 0.260 e. The normalized spacial score (nSPS) is 18.1. The van der Waals surface area contributed by atoms with Crippen LogP contribution < -0.4 is 10.1 Å². The van der Waals surface area contributed by atoms with Crippen molar-refractivity contribution in [2.24, 2.45) is 0 Å². The van der Waals surface area contributed by atoms with Crippen molar-refractivity contribution in [2.45, 2.75) is 45.3 Å². The quantitative estimate of drug-likeness (QED) is 0.474. The maximum absolute atomic E-state index is 13.7. The molecule has 6 heteroatoms.